The summed E-state index contributed by atoms with van der Waals surface area (Å²) in [6.07, 6.45) is 4.75. The number of hydrogen-bond acceptors (Lipinski definition) is 4. The van der Waals surface area contributed by atoms with Gasteiger partial charge in [-0.15, -0.1) is 0 Å². The van der Waals surface area contributed by atoms with E-state index in [2.05, 4.69) is 37.0 Å². The largest absolute Gasteiger partial charge is 0.492 e. The highest BCUT2D eigenvalue weighted by molar-refractivity contribution is 5.79. The zero-order valence-corrected chi connectivity index (χ0v) is 22.3. The molecule has 0 saturated carbocycles. The van der Waals surface area contributed by atoms with E-state index in [1.54, 1.807) is 12.1 Å². The van der Waals surface area contributed by atoms with Gasteiger partial charge in [0.2, 0.25) is 0 Å². The van der Waals surface area contributed by atoms with Crippen LogP contribution in [-0.4, -0.2) is 22.7 Å². The lowest BCUT2D eigenvalue weighted by molar-refractivity contribution is -0.137. The molecule has 39 heavy (non-hydrogen) atoms. The first kappa shape index (κ1) is 25.1. The van der Waals surface area contributed by atoms with Gasteiger partial charge >= 0.3 is 5.97 Å². The molecule has 6 rings (SSSR count). The molecule has 1 aliphatic heterocycles. The van der Waals surface area contributed by atoms with Gasteiger partial charge in [0.25, 0.3) is 0 Å². The molecule has 2 atom stereocenters. The van der Waals surface area contributed by atoms with Gasteiger partial charge in [0.05, 0.1) is 13.0 Å². The molecular weight excluding hydrogens is 493 g/mol. The fraction of sp³-hybridized carbons (Fsp3) is 0.273. The fourth-order valence-corrected chi connectivity index (χ4v) is 6.17. The zero-order valence-electron chi connectivity index (χ0n) is 22.3. The third-order valence-corrected chi connectivity index (χ3v) is 7.86. The van der Waals surface area contributed by atoms with Gasteiger partial charge in [-0.1, -0.05) is 24.3 Å². The summed E-state index contributed by atoms with van der Waals surface area (Å²) in [6.45, 7) is 6.59. The lowest BCUT2D eigenvalue weighted by Gasteiger charge is -2.19. The molecular formula is C33H30FNO4. The number of carboxylic acid groups (broad SMARTS) is 1. The summed E-state index contributed by atoms with van der Waals surface area (Å²) in [4.78, 5) is 15.5. The van der Waals surface area contributed by atoms with Crippen molar-refractivity contribution in [2.75, 3.05) is 6.61 Å². The highest BCUT2D eigenvalue weighted by atomic mass is 19.1. The molecule has 0 amide bonds. The number of carboxylic acids is 1. The second kappa shape index (κ2) is 9.84. The molecule has 1 aromatic heterocycles. The first-order valence-electron chi connectivity index (χ1n) is 13.3. The van der Waals surface area contributed by atoms with E-state index in [0.717, 1.165) is 56.5 Å². The van der Waals surface area contributed by atoms with Crippen LogP contribution in [0.1, 0.15) is 58.2 Å². The average molecular weight is 524 g/mol. The number of aromatic nitrogens is 1. The SMILES string of the molecule is Cc1cncc(-c2cc(C)c(-c3ccc(F)c4c3CC[C@H]4Oc3ccc4c(c3)OC[C@H]4CC(=O)O)c(C)c2)c1. The molecule has 2 aliphatic rings. The molecule has 0 unspecified atom stereocenters. The molecule has 0 bridgehead atoms. The smallest absolute Gasteiger partial charge is 0.304 e. The molecule has 5 nitrogen and oxygen atoms in total. The Morgan fingerprint density at radius 3 is 2.59 bits per heavy atom. The lowest BCUT2D eigenvalue weighted by atomic mass is 9.88. The molecule has 3 aromatic carbocycles. The third-order valence-electron chi connectivity index (χ3n) is 7.86. The number of fused-ring (bicyclic) bond motifs is 2. The summed E-state index contributed by atoms with van der Waals surface area (Å²) in [6, 6.07) is 15.4. The molecule has 2 heterocycles. The van der Waals surface area contributed by atoms with Crippen LogP contribution in [0.15, 0.2) is 60.9 Å². The van der Waals surface area contributed by atoms with Crippen molar-refractivity contribution in [3.05, 3.63) is 100 Å². The van der Waals surface area contributed by atoms with Crippen molar-refractivity contribution in [1.29, 1.82) is 0 Å². The number of hydrogen-bond donors (Lipinski definition) is 1. The molecule has 4 aromatic rings. The molecule has 6 heteroatoms. The Morgan fingerprint density at radius 2 is 1.85 bits per heavy atom. The zero-order chi connectivity index (χ0) is 27.3. The summed E-state index contributed by atoms with van der Waals surface area (Å²) >= 11 is 0. The van der Waals surface area contributed by atoms with Crippen LogP contribution >= 0.6 is 0 Å². The first-order valence-corrected chi connectivity index (χ1v) is 13.3. The number of aliphatic carboxylic acids is 1. The van der Waals surface area contributed by atoms with Crippen LogP contribution in [0.5, 0.6) is 11.5 Å². The maximum absolute atomic E-state index is 15.3. The van der Waals surface area contributed by atoms with E-state index in [1.807, 2.05) is 37.5 Å². The summed E-state index contributed by atoms with van der Waals surface area (Å²) in [5.74, 6) is -0.0400. The summed E-state index contributed by atoms with van der Waals surface area (Å²) in [5.41, 5.74) is 10.3. The van der Waals surface area contributed by atoms with Gasteiger partial charge in [-0.3, -0.25) is 9.78 Å². The Morgan fingerprint density at radius 1 is 1.05 bits per heavy atom. The Labute approximate surface area is 227 Å². The normalized spacial score (nSPS) is 17.4. The topological polar surface area (TPSA) is 68.7 Å². The van der Waals surface area contributed by atoms with Crippen molar-refractivity contribution in [3.8, 4) is 33.8 Å². The number of benzene rings is 3. The van der Waals surface area contributed by atoms with Crippen LogP contribution in [0.3, 0.4) is 0 Å². The van der Waals surface area contributed by atoms with E-state index in [0.29, 0.717) is 30.1 Å². The highest BCUT2D eigenvalue weighted by Crippen LogP contribution is 2.45. The van der Waals surface area contributed by atoms with Gasteiger partial charge < -0.3 is 14.6 Å². The van der Waals surface area contributed by atoms with Crippen molar-refractivity contribution < 1.29 is 23.8 Å². The fourth-order valence-electron chi connectivity index (χ4n) is 6.17. The van der Waals surface area contributed by atoms with Gasteiger partial charge in [-0.25, -0.2) is 4.39 Å². The molecule has 0 saturated heterocycles. The minimum atomic E-state index is -0.849. The van der Waals surface area contributed by atoms with E-state index < -0.39 is 12.1 Å². The molecule has 0 spiro atoms. The second-order valence-corrected chi connectivity index (χ2v) is 10.7. The number of pyridine rings is 1. The Kier molecular flexibility index (Phi) is 6.34. The number of nitrogens with zero attached hydrogens (tertiary/aromatic N) is 1. The van der Waals surface area contributed by atoms with Crippen LogP contribution in [0, 0.1) is 26.6 Å². The minimum Gasteiger partial charge on any atom is -0.492 e. The first-order chi connectivity index (χ1) is 18.8. The van der Waals surface area contributed by atoms with E-state index >= 15 is 4.39 Å². The number of carbonyl (C=O) groups is 1. The van der Waals surface area contributed by atoms with Gasteiger partial charge in [0.15, 0.2) is 0 Å². The molecule has 0 radical (unpaired) electrons. The summed E-state index contributed by atoms with van der Waals surface area (Å²) in [7, 11) is 0. The molecule has 1 aliphatic carbocycles. The molecule has 198 valence electrons. The number of aryl methyl sites for hydroxylation is 3. The Hall–Kier alpha value is -4.19. The van der Waals surface area contributed by atoms with E-state index in [1.165, 1.54) is 0 Å². The quantitative estimate of drug-likeness (QED) is 0.283. The average Bonchev–Trinajstić information content (AvgIpc) is 3.49. The maximum atomic E-state index is 15.3. The van der Waals surface area contributed by atoms with Gasteiger partial charge in [-0.05, 0) is 90.8 Å². The van der Waals surface area contributed by atoms with Crippen molar-refractivity contribution in [3.63, 3.8) is 0 Å². The van der Waals surface area contributed by atoms with Crippen molar-refractivity contribution in [1.82, 2.24) is 4.98 Å². The summed E-state index contributed by atoms with van der Waals surface area (Å²) in [5, 5.41) is 9.16. The van der Waals surface area contributed by atoms with Crippen LogP contribution < -0.4 is 9.47 Å². The highest BCUT2D eigenvalue weighted by Gasteiger charge is 2.32. The minimum absolute atomic E-state index is 0.0267. The van der Waals surface area contributed by atoms with Crippen molar-refractivity contribution in [2.24, 2.45) is 0 Å². The second-order valence-electron chi connectivity index (χ2n) is 10.7. The lowest BCUT2D eigenvalue weighted by Crippen LogP contribution is -2.07. The number of rotatable bonds is 6. The number of ether oxygens (including phenoxy) is 2. The Balaban J connectivity index is 1.31. The van der Waals surface area contributed by atoms with Crippen LogP contribution in [0.25, 0.3) is 22.3 Å². The standard InChI is InChI=1S/C33H30FNO4/c1-18-10-22(16-35-15-18)21-11-19(2)32(20(3)12-21)26-6-8-28(34)33-27(26)7-9-29(33)39-24-4-5-25-23(13-31(36)37)17-38-30(25)14-24/h4-6,8,10-12,14-16,23,29H,7,9,13,17H2,1-3H3,(H,36,37)/t23-,29-/m1/s1. The molecule has 0 fully saturated rings. The van der Waals surface area contributed by atoms with Gasteiger partial charge in [0, 0.05) is 41.1 Å². The molecule has 1 N–H and O–H groups in total. The predicted molar refractivity (Wildman–Crippen MR) is 148 cm³/mol. The van der Waals surface area contributed by atoms with E-state index in [9.17, 15) is 4.79 Å². The third kappa shape index (κ3) is 4.65. The van der Waals surface area contributed by atoms with Gasteiger partial charge in [0.1, 0.15) is 23.4 Å². The van der Waals surface area contributed by atoms with Crippen molar-refractivity contribution in [2.45, 2.75) is 52.1 Å². The number of halogens is 1. The van der Waals surface area contributed by atoms with E-state index in [4.69, 9.17) is 14.6 Å². The Bertz CT molecular complexity index is 1590. The predicted octanol–water partition coefficient (Wildman–Crippen LogP) is 7.50. The monoisotopic (exact) mass is 523 g/mol. The van der Waals surface area contributed by atoms with E-state index in [-0.39, 0.29) is 18.2 Å². The van der Waals surface area contributed by atoms with Crippen LogP contribution in [0.4, 0.5) is 4.39 Å². The van der Waals surface area contributed by atoms with Crippen LogP contribution in [-0.2, 0) is 11.2 Å². The van der Waals surface area contributed by atoms with Crippen LogP contribution in [0.2, 0.25) is 0 Å². The van der Waals surface area contributed by atoms with Crippen molar-refractivity contribution >= 4 is 5.97 Å². The maximum Gasteiger partial charge on any atom is 0.304 e. The summed E-state index contributed by atoms with van der Waals surface area (Å²) < 4.78 is 27.3. The van der Waals surface area contributed by atoms with Gasteiger partial charge in [-0.2, -0.15) is 0 Å².